The highest BCUT2D eigenvalue weighted by Crippen LogP contribution is 2.37. The lowest BCUT2D eigenvalue weighted by atomic mass is 10.1. The maximum absolute atomic E-state index is 13.1. The van der Waals surface area contributed by atoms with E-state index in [4.69, 9.17) is 5.11 Å². The average Bonchev–Trinajstić information content (AvgIpc) is 3.00. The highest BCUT2D eigenvalue weighted by Gasteiger charge is 2.36. The zero-order valence-electron chi connectivity index (χ0n) is 13.4. The zero-order valence-corrected chi connectivity index (χ0v) is 13.4. The Labute approximate surface area is 138 Å². The molecular formula is C16H22F3N3O2. The monoisotopic (exact) mass is 345 g/mol. The number of para-hydroxylation sites is 1. The second-order valence-electron chi connectivity index (χ2n) is 5.85. The van der Waals surface area contributed by atoms with Crippen LogP contribution >= 0.6 is 0 Å². The molecule has 134 valence electrons. The lowest BCUT2D eigenvalue weighted by Gasteiger charge is -2.23. The minimum absolute atomic E-state index is 0.136. The van der Waals surface area contributed by atoms with E-state index < -0.39 is 17.8 Å². The molecule has 2 atom stereocenters. The molecule has 0 saturated carbocycles. The molecule has 3 N–H and O–H groups in total. The Kier molecular flexibility index (Phi) is 5.93. The van der Waals surface area contributed by atoms with Crippen LogP contribution < -0.4 is 15.5 Å². The summed E-state index contributed by atoms with van der Waals surface area (Å²) in [7, 11) is 0. The van der Waals surface area contributed by atoms with Gasteiger partial charge in [-0.05, 0) is 25.0 Å². The van der Waals surface area contributed by atoms with Gasteiger partial charge in [0.05, 0.1) is 18.2 Å². The molecule has 0 aliphatic carbocycles. The Bertz CT molecular complexity index is 562. The zero-order chi connectivity index (χ0) is 17.7. The summed E-state index contributed by atoms with van der Waals surface area (Å²) in [4.78, 5) is 13.5. The van der Waals surface area contributed by atoms with Crippen LogP contribution in [-0.4, -0.2) is 42.9 Å². The van der Waals surface area contributed by atoms with E-state index in [1.165, 1.54) is 12.1 Å². The number of amides is 2. The molecule has 24 heavy (non-hydrogen) atoms. The number of benzene rings is 1. The molecule has 1 heterocycles. The van der Waals surface area contributed by atoms with E-state index in [1.54, 1.807) is 11.0 Å². The van der Waals surface area contributed by atoms with Crippen LogP contribution in [0.25, 0.3) is 0 Å². The number of hydrogen-bond donors (Lipinski definition) is 3. The lowest BCUT2D eigenvalue weighted by molar-refractivity contribution is -0.137. The van der Waals surface area contributed by atoms with Crippen LogP contribution in [0.4, 0.5) is 23.7 Å². The highest BCUT2D eigenvalue weighted by molar-refractivity contribution is 5.74. The van der Waals surface area contributed by atoms with Gasteiger partial charge in [-0.1, -0.05) is 19.1 Å². The van der Waals surface area contributed by atoms with E-state index in [1.807, 2.05) is 6.92 Å². The van der Waals surface area contributed by atoms with Crippen molar-refractivity contribution in [2.24, 2.45) is 0 Å². The highest BCUT2D eigenvalue weighted by atomic mass is 19.4. The predicted octanol–water partition coefficient (Wildman–Crippen LogP) is 2.35. The van der Waals surface area contributed by atoms with Crippen molar-refractivity contribution in [3.63, 3.8) is 0 Å². The summed E-state index contributed by atoms with van der Waals surface area (Å²) < 4.78 is 39.3. The minimum atomic E-state index is -4.41. The number of aliphatic hydroxyl groups excluding tert-OH is 1. The van der Waals surface area contributed by atoms with Crippen LogP contribution in [0.2, 0.25) is 0 Å². The number of urea groups is 1. The number of halogens is 3. The van der Waals surface area contributed by atoms with Crippen molar-refractivity contribution >= 4 is 11.7 Å². The summed E-state index contributed by atoms with van der Waals surface area (Å²) in [5, 5.41) is 14.5. The molecule has 1 fully saturated rings. The summed E-state index contributed by atoms with van der Waals surface area (Å²) in [6.45, 7) is 2.44. The predicted molar refractivity (Wildman–Crippen MR) is 84.9 cm³/mol. The van der Waals surface area contributed by atoms with Gasteiger partial charge in [-0.25, -0.2) is 4.79 Å². The van der Waals surface area contributed by atoms with Gasteiger partial charge in [0.2, 0.25) is 0 Å². The first-order chi connectivity index (χ1) is 11.3. The number of nitrogens with one attached hydrogen (secondary N) is 2. The SMILES string of the molecule is CC[C@@H](CO)NC(=O)N[C@H]1CCN(c2ccccc2C(F)(F)F)C1. The number of carbonyl (C=O) groups is 1. The average molecular weight is 345 g/mol. The number of aliphatic hydroxyl groups is 1. The van der Waals surface area contributed by atoms with Gasteiger partial charge in [-0.15, -0.1) is 0 Å². The van der Waals surface area contributed by atoms with Gasteiger partial charge in [0.25, 0.3) is 0 Å². The molecule has 1 aromatic rings. The van der Waals surface area contributed by atoms with Crippen molar-refractivity contribution in [3.8, 4) is 0 Å². The normalized spacial score (nSPS) is 19.2. The summed E-state index contributed by atoms with van der Waals surface area (Å²) in [6, 6.07) is 4.49. The molecule has 0 radical (unpaired) electrons. The first-order valence-corrected chi connectivity index (χ1v) is 7.94. The second kappa shape index (κ2) is 7.74. The van der Waals surface area contributed by atoms with E-state index in [0.717, 1.165) is 6.07 Å². The summed E-state index contributed by atoms with van der Waals surface area (Å²) in [6.07, 6.45) is -3.25. The van der Waals surface area contributed by atoms with Crippen molar-refractivity contribution in [1.29, 1.82) is 0 Å². The third-order valence-electron chi connectivity index (χ3n) is 4.12. The van der Waals surface area contributed by atoms with Crippen molar-refractivity contribution in [1.82, 2.24) is 10.6 Å². The molecule has 0 aromatic heterocycles. The number of nitrogens with zero attached hydrogens (tertiary/aromatic N) is 1. The van der Waals surface area contributed by atoms with Crippen LogP contribution in [0.15, 0.2) is 24.3 Å². The fourth-order valence-electron chi connectivity index (χ4n) is 2.78. The van der Waals surface area contributed by atoms with Gasteiger partial charge in [0.1, 0.15) is 0 Å². The summed E-state index contributed by atoms with van der Waals surface area (Å²) in [5.74, 6) is 0. The molecule has 1 aromatic carbocycles. The molecule has 5 nitrogen and oxygen atoms in total. The molecule has 1 aliphatic heterocycles. The van der Waals surface area contributed by atoms with Crippen LogP contribution in [-0.2, 0) is 6.18 Å². The van der Waals surface area contributed by atoms with Crippen molar-refractivity contribution < 1.29 is 23.1 Å². The Hall–Kier alpha value is -1.96. The second-order valence-corrected chi connectivity index (χ2v) is 5.85. The molecular weight excluding hydrogens is 323 g/mol. The van der Waals surface area contributed by atoms with Gasteiger partial charge in [0, 0.05) is 24.8 Å². The molecule has 0 spiro atoms. The Morgan fingerprint density at radius 2 is 2.12 bits per heavy atom. The molecule has 2 amide bonds. The fraction of sp³-hybridized carbons (Fsp3) is 0.562. The molecule has 1 saturated heterocycles. The summed E-state index contributed by atoms with van der Waals surface area (Å²) >= 11 is 0. The van der Waals surface area contributed by atoms with Gasteiger partial charge >= 0.3 is 12.2 Å². The van der Waals surface area contributed by atoms with E-state index in [2.05, 4.69) is 10.6 Å². The fourth-order valence-corrected chi connectivity index (χ4v) is 2.78. The van der Waals surface area contributed by atoms with Gasteiger partial charge in [0.15, 0.2) is 0 Å². The molecule has 0 bridgehead atoms. The first kappa shape index (κ1) is 18.4. The number of anilines is 1. The molecule has 8 heteroatoms. The van der Waals surface area contributed by atoms with Crippen molar-refractivity contribution in [2.45, 2.75) is 38.0 Å². The maximum atomic E-state index is 13.1. The maximum Gasteiger partial charge on any atom is 0.418 e. The lowest BCUT2D eigenvalue weighted by Crippen LogP contribution is -2.48. The largest absolute Gasteiger partial charge is 0.418 e. The van der Waals surface area contributed by atoms with E-state index in [0.29, 0.717) is 25.9 Å². The number of carbonyl (C=O) groups excluding carboxylic acids is 1. The Balaban J connectivity index is 1.98. The van der Waals surface area contributed by atoms with Crippen LogP contribution in [0, 0.1) is 0 Å². The van der Waals surface area contributed by atoms with E-state index in [-0.39, 0.29) is 24.4 Å². The summed E-state index contributed by atoms with van der Waals surface area (Å²) in [5.41, 5.74) is -0.530. The standard InChI is InChI=1S/C16H22F3N3O2/c1-2-11(10-23)20-15(24)21-12-7-8-22(9-12)14-6-4-3-5-13(14)16(17,18)19/h3-6,11-12,23H,2,7-10H2,1H3,(H2,20,21,24)/t11-,12-/m0/s1. The topological polar surface area (TPSA) is 64.6 Å². The van der Waals surface area contributed by atoms with Gasteiger partial charge in [-0.3, -0.25) is 0 Å². The van der Waals surface area contributed by atoms with E-state index >= 15 is 0 Å². The van der Waals surface area contributed by atoms with Gasteiger partial charge in [-0.2, -0.15) is 13.2 Å². The Morgan fingerprint density at radius 3 is 2.75 bits per heavy atom. The molecule has 0 unspecified atom stereocenters. The third-order valence-corrected chi connectivity index (χ3v) is 4.12. The quantitative estimate of drug-likeness (QED) is 0.768. The Morgan fingerprint density at radius 1 is 1.42 bits per heavy atom. The van der Waals surface area contributed by atoms with Gasteiger partial charge < -0.3 is 20.6 Å². The van der Waals surface area contributed by atoms with Crippen molar-refractivity contribution in [3.05, 3.63) is 29.8 Å². The number of rotatable bonds is 5. The first-order valence-electron chi connectivity index (χ1n) is 7.94. The smallest absolute Gasteiger partial charge is 0.394 e. The number of alkyl halides is 3. The van der Waals surface area contributed by atoms with Crippen LogP contribution in [0.3, 0.4) is 0 Å². The number of hydrogen-bond acceptors (Lipinski definition) is 3. The molecule has 1 aliphatic rings. The van der Waals surface area contributed by atoms with Crippen LogP contribution in [0.1, 0.15) is 25.3 Å². The molecule has 2 rings (SSSR count). The van der Waals surface area contributed by atoms with Crippen molar-refractivity contribution in [2.75, 3.05) is 24.6 Å². The third kappa shape index (κ3) is 4.53. The minimum Gasteiger partial charge on any atom is -0.394 e. The van der Waals surface area contributed by atoms with E-state index in [9.17, 15) is 18.0 Å². The van der Waals surface area contributed by atoms with Crippen LogP contribution in [0.5, 0.6) is 0 Å².